The van der Waals surface area contributed by atoms with Gasteiger partial charge in [0.25, 0.3) is 11.1 Å². The molecule has 12 heteroatoms. The number of nitrogens with zero attached hydrogens (tertiary/aromatic N) is 2. The number of anilines is 4. The first-order valence-corrected chi connectivity index (χ1v) is 20.7. The SMILES string of the molecule is O=c1[nH]c(CSC2CCC(O)CC2)nc2cc(Nc3ccccc3)ccc12.O=c1[nH]c(CSC2CCC(O)CC2)nc2cc(Nc3ccccc3)ccc12. The van der Waals surface area contributed by atoms with Crippen molar-refractivity contribution in [3.63, 3.8) is 0 Å². The number of rotatable bonds is 10. The number of fused-ring (bicyclic) bond motifs is 2. The Kier molecular flexibility index (Phi) is 12.7. The molecule has 2 aliphatic carbocycles. The minimum absolute atomic E-state index is 0.0964. The molecule has 0 spiro atoms. The molecule has 0 amide bonds. The van der Waals surface area contributed by atoms with Crippen molar-refractivity contribution < 1.29 is 10.2 Å². The molecular weight excluding hydrogens is 717 g/mol. The molecule has 6 aromatic rings. The number of aromatic nitrogens is 4. The summed E-state index contributed by atoms with van der Waals surface area (Å²) in [6.45, 7) is 0. The Balaban J connectivity index is 0.000000167. The van der Waals surface area contributed by atoms with E-state index in [1.165, 1.54) is 0 Å². The lowest BCUT2D eigenvalue weighted by atomic mass is 9.97. The summed E-state index contributed by atoms with van der Waals surface area (Å²) in [5, 5.41) is 28.2. The van der Waals surface area contributed by atoms with Gasteiger partial charge in [-0.05, 0) is 112 Å². The molecule has 0 bridgehead atoms. The van der Waals surface area contributed by atoms with E-state index >= 15 is 0 Å². The van der Waals surface area contributed by atoms with Gasteiger partial charge < -0.3 is 30.8 Å². The van der Waals surface area contributed by atoms with Gasteiger partial charge >= 0.3 is 0 Å². The Morgan fingerprint density at radius 3 is 1.31 bits per heavy atom. The van der Waals surface area contributed by atoms with Crippen LogP contribution in [-0.2, 0) is 11.5 Å². The second-order valence-corrected chi connectivity index (χ2v) is 16.5. The number of thioether (sulfide) groups is 2. The summed E-state index contributed by atoms with van der Waals surface area (Å²) < 4.78 is 0. The predicted octanol–water partition coefficient (Wildman–Crippen LogP) is 8.41. The van der Waals surface area contributed by atoms with Gasteiger partial charge in [-0.15, -0.1) is 0 Å². The maximum absolute atomic E-state index is 12.4. The van der Waals surface area contributed by atoms with Gasteiger partial charge in [0.05, 0.1) is 45.5 Å². The van der Waals surface area contributed by atoms with Crippen molar-refractivity contribution in [1.82, 2.24) is 19.9 Å². The van der Waals surface area contributed by atoms with E-state index in [9.17, 15) is 19.8 Å². The quantitative estimate of drug-likeness (QED) is 0.0801. The van der Waals surface area contributed by atoms with Crippen LogP contribution in [0.5, 0.6) is 0 Å². The molecule has 4 aromatic carbocycles. The molecule has 0 unspecified atom stereocenters. The average molecular weight is 763 g/mol. The van der Waals surface area contributed by atoms with Crippen molar-refractivity contribution in [3.8, 4) is 0 Å². The van der Waals surface area contributed by atoms with Crippen molar-refractivity contribution in [1.29, 1.82) is 0 Å². The number of aliphatic hydroxyl groups excluding tert-OH is 2. The number of hydrogen-bond donors (Lipinski definition) is 6. The first-order valence-electron chi connectivity index (χ1n) is 18.6. The summed E-state index contributed by atoms with van der Waals surface area (Å²) in [4.78, 5) is 40.0. The third-order valence-electron chi connectivity index (χ3n) is 9.84. The number of H-pyrrole nitrogens is 2. The van der Waals surface area contributed by atoms with Crippen molar-refractivity contribution in [2.75, 3.05) is 10.6 Å². The minimum Gasteiger partial charge on any atom is -0.393 e. The second-order valence-electron chi connectivity index (χ2n) is 14.0. The van der Waals surface area contributed by atoms with Crippen molar-refractivity contribution >= 4 is 68.1 Å². The lowest BCUT2D eigenvalue weighted by Crippen LogP contribution is -2.20. The van der Waals surface area contributed by atoms with Crippen LogP contribution in [0.2, 0.25) is 0 Å². The normalized spacial score (nSPS) is 19.9. The van der Waals surface area contributed by atoms with Crippen LogP contribution in [0.3, 0.4) is 0 Å². The van der Waals surface area contributed by atoms with Crippen LogP contribution in [0, 0.1) is 0 Å². The zero-order chi connectivity index (χ0) is 37.3. The van der Waals surface area contributed by atoms with Gasteiger partial charge in [0.15, 0.2) is 0 Å². The molecule has 0 atom stereocenters. The lowest BCUT2D eigenvalue weighted by Gasteiger charge is -2.24. The van der Waals surface area contributed by atoms with E-state index in [4.69, 9.17) is 0 Å². The summed E-state index contributed by atoms with van der Waals surface area (Å²) in [5.41, 5.74) is 5.03. The largest absolute Gasteiger partial charge is 0.393 e. The minimum atomic E-state index is -0.143. The first kappa shape index (κ1) is 37.7. The van der Waals surface area contributed by atoms with E-state index in [-0.39, 0.29) is 23.3 Å². The highest BCUT2D eigenvalue weighted by Crippen LogP contribution is 2.32. The Bertz CT molecular complexity index is 2090. The fourth-order valence-corrected chi connectivity index (χ4v) is 9.13. The zero-order valence-corrected chi connectivity index (χ0v) is 31.7. The van der Waals surface area contributed by atoms with Crippen LogP contribution in [-0.4, -0.2) is 52.9 Å². The molecule has 2 saturated carbocycles. The summed E-state index contributed by atoms with van der Waals surface area (Å²) >= 11 is 3.63. The van der Waals surface area contributed by atoms with Gasteiger partial charge in [-0.1, -0.05) is 36.4 Å². The van der Waals surface area contributed by atoms with Gasteiger partial charge in [-0.3, -0.25) is 9.59 Å². The Morgan fingerprint density at radius 1 is 0.537 bits per heavy atom. The fourth-order valence-electron chi connectivity index (χ4n) is 6.86. The van der Waals surface area contributed by atoms with Crippen LogP contribution in [0.25, 0.3) is 21.8 Å². The van der Waals surface area contributed by atoms with Crippen LogP contribution in [0.4, 0.5) is 22.7 Å². The van der Waals surface area contributed by atoms with Crippen LogP contribution >= 0.6 is 23.5 Å². The Labute approximate surface area is 322 Å². The van der Waals surface area contributed by atoms with E-state index < -0.39 is 0 Å². The lowest BCUT2D eigenvalue weighted by molar-refractivity contribution is 0.132. The summed E-state index contributed by atoms with van der Waals surface area (Å²) in [6, 6.07) is 31.1. The van der Waals surface area contributed by atoms with Crippen LogP contribution in [0.15, 0.2) is 107 Å². The standard InChI is InChI=1S/2C21H23N3O2S/c2*25-16-7-9-17(10-8-16)27-13-20-23-19-12-15(6-11-18(19)21(26)24-20)22-14-4-2-1-3-5-14/h2*1-6,11-12,16-17,22,25H,7-10,13H2,(H,23,24,26). The number of para-hydroxylation sites is 2. The monoisotopic (exact) mass is 762 g/mol. The number of nitrogens with one attached hydrogen (secondary N) is 4. The summed E-state index contributed by atoms with van der Waals surface area (Å²) in [7, 11) is 0. The molecule has 2 aliphatic rings. The van der Waals surface area contributed by atoms with Gasteiger partial charge in [-0.2, -0.15) is 23.5 Å². The molecule has 0 aliphatic heterocycles. The Morgan fingerprint density at radius 2 is 0.926 bits per heavy atom. The number of benzene rings is 4. The molecule has 0 saturated heterocycles. The molecule has 10 nitrogen and oxygen atoms in total. The molecule has 6 N–H and O–H groups in total. The number of hydrogen-bond acceptors (Lipinski definition) is 10. The molecule has 2 heterocycles. The van der Waals surface area contributed by atoms with Crippen molar-refractivity contribution in [2.45, 2.75) is 85.6 Å². The third-order valence-corrected chi connectivity index (χ3v) is 12.6. The first-order chi connectivity index (χ1) is 26.3. The van der Waals surface area contributed by atoms with E-state index in [0.29, 0.717) is 55.5 Å². The van der Waals surface area contributed by atoms with Crippen molar-refractivity contribution in [3.05, 3.63) is 129 Å². The highest BCUT2D eigenvalue weighted by atomic mass is 32.2. The molecular formula is C42H46N6O4S2. The van der Waals surface area contributed by atoms with Gasteiger partial charge in [-0.25, -0.2) is 9.97 Å². The smallest absolute Gasteiger partial charge is 0.258 e. The van der Waals surface area contributed by atoms with E-state index in [0.717, 1.165) is 74.1 Å². The number of aliphatic hydroxyl groups is 2. The van der Waals surface area contributed by atoms with Crippen LogP contribution in [0.1, 0.15) is 63.0 Å². The number of aromatic amines is 2. The fraction of sp³-hybridized carbons (Fsp3) is 0.333. The molecule has 280 valence electrons. The van der Waals surface area contributed by atoms with Gasteiger partial charge in [0, 0.05) is 33.2 Å². The topological polar surface area (TPSA) is 156 Å². The molecule has 54 heavy (non-hydrogen) atoms. The van der Waals surface area contributed by atoms with E-state index in [1.54, 1.807) is 0 Å². The second kappa shape index (κ2) is 18.1. The van der Waals surface area contributed by atoms with Crippen LogP contribution < -0.4 is 21.8 Å². The third kappa shape index (κ3) is 10.3. The maximum Gasteiger partial charge on any atom is 0.258 e. The van der Waals surface area contributed by atoms with E-state index in [2.05, 4.69) is 30.6 Å². The van der Waals surface area contributed by atoms with E-state index in [1.807, 2.05) is 121 Å². The summed E-state index contributed by atoms with van der Waals surface area (Å²) in [6.07, 6.45) is 7.28. The average Bonchev–Trinajstić information content (AvgIpc) is 3.18. The van der Waals surface area contributed by atoms with Crippen molar-refractivity contribution in [2.24, 2.45) is 0 Å². The predicted molar refractivity (Wildman–Crippen MR) is 223 cm³/mol. The highest BCUT2D eigenvalue weighted by Gasteiger charge is 2.21. The molecule has 2 fully saturated rings. The van der Waals surface area contributed by atoms with Gasteiger partial charge in [0.2, 0.25) is 0 Å². The van der Waals surface area contributed by atoms with Gasteiger partial charge in [0.1, 0.15) is 11.6 Å². The molecule has 2 aromatic heterocycles. The molecule has 8 rings (SSSR count). The Hall–Kier alpha value is -4.62. The molecule has 0 radical (unpaired) electrons. The maximum atomic E-state index is 12.4. The summed E-state index contributed by atoms with van der Waals surface area (Å²) in [5.74, 6) is 2.78. The highest BCUT2D eigenvalue weighted by molar-refractivity contribution is 7.99. The zero-order valence-electron chi connectivity index (χ0n) is 30.0.